The largest absolute Gasteiger partial charge is 0.353 e. The molecule has 0 bridgehead atoms. The SMILES string of the molecule is CCC[C@H](C)c1ccc(N2c3cc4c(c(-c5cccc6c5[nH]c5c7ccccc7ccc65)c3[B]C3C2C2C=C5C(=CC2C3(C)C)C(C)(C)CCC5(C)C)Cc2ccccc2-4)c(-c2ccccc2)c1. The fraction of sp³-hybridized carbons (Fsp3) is 0.323. The molecule has 1 aromatic heterocycles. The lowest BCUT2D eigenvalue weighted by molar-refractivity contribution is 0.233. The van der Waals surface area contributed by atoms with Crippen molar-refractivity contribution in [3.05, 3.63) is 173 Å². The highest BCUT2D eigenvalue weighted by molar-refractivity contribution is 6.61. The maximum absolute atomic E-state index is 4.11. The molecule has 3 heteroatoms. The maximum atomic E-state index is 4.11. The molecule has 8 aromatic rings. The van der Waals surface area contributed by atoms with E-state index in [1.807, 2.05) is 0 Å². The molecule has 4 aliphatic carbocycles. The van der Waals surface area contributed by atoms with Crippen LogP contribution in [0.4, 0.5) is 11.4 Å². The van der Waals surface area contributed by atoms with Crippen LogP contribution in [0.25, 0.3) is 66.0 Å². The van der Waals surface area contributed by atoms with Gasteiger partial charge >= 0.3 is 0 Å². The van der Waals surface area contributed by atoms with Crippen LogP contribution in [-0.4, -0.2) is 18.3 Å². The third-order valence-corrected chi connectivity index (χ3v) is 18.2. The van der Waals surface area contributed by atoms with Crippen molar-refractivity contribution in [2.24, 2.45) is 28.1 Å². The number of nitrogens with one attached hydrogen (secondary N) is 1. The molecule has 5 aliphatic rings. The smallest absolute Gasteiger partial charge is 0.161 e. The molecule has 1 radical (unpaired) electrons. The second-order valence-corrected chi connectivity index (χ2v) is 23.3. The summed E-state index contributed by atoms with van der Waals surface area (Å²) in [5, 5.41) is 5.12. The molecule has 1 N–H and O–H groups in total. The summed E-state index contributed by atoms with van der Waals surface area (Å²) in [6.45, 7) is 20.0. The Balaban J connectivity index is 1.13. The van der Waals surface area contributed by atoms with Gasteiger partial charge in [-0.25, -0.2) is 0 Å². The Bertz CT molecular complexity index is 3450. The van der Waals surface area contributed by atoms with Gasteiger partial charge in [0.2, 0.25) is 0 Å². The highest BCUT2D eigenvalue weighted by Gasteiger charge is 2.60. The molecule has 1 aliphatic heterocycles. The van der Waals surface area contributed by atoms with Gasteiger partial charge in [-0.3, -0.25) is 0 Å². The van der Waals surface area contributed by atoms with Crippen molar-refractivity contribution in [3.63, 3.8) is 0 Å². The summed E-state index contributed by atoms with van der Waals surface area (Å²) in [5.74, 6) is 1.48. The lowest BCUT2D eigenvalue weighted by Crippen LogP contribution is -2.50. The molecular weight excluding hydrogens is 820 g/mol. The minimum atomic E-state index is -0.0221. The number of hydrogen-bond acceptors (Lipinski definition) is 1. The zero-order chi connectivity index (χ0) is 46.4. The first-order chi connectivity index (χ1) is 32.8. The number of aromatic nitrogens is 1. The molecule has 0 saturated heterocycles. The number of fused-ring (bicyclic) bond motifs is 13. The second kappa shape index (κ2) is 15.0. The van der Waals surface area contributed by atoms with Crippen molar-refractivity contribution in [1.29, 1.82) is 0 Å². The van der Waals surface area contributed by atoms with E-state index >= 15 is 0 Å². The van der Waals surface area contributed by atoms with Crippen molar-refractivity contribution < 1.29 is 0 Å². The van der Waals surface area contributed by atoms with Gasteiger partial charge < -0.3 is 9.88 Å². The minimum Gasteiger partial charge on any atom is -0.353 e. The number of rotatable bonds is 6. The van der Waals surface area contributed by atoms with Crippen LogP contribution in [0.1, 0.15) is 104 Å². The number of para-hydroxylation sites is 1. The van der Waals surface area contributed by atoms with Gasteiger partial charge in [0.25, 0.3) is 0 Å². The molecular formula is C65H64BN2. The summed E-state index contributed by atoms with van der Waals surface area (Å²) < 4.78 is 0. The van der Waals surface area contributed by atoms with Crippen LogP contribution in [0.2, 0.25) is 5.82 Å². The molecule has 0 spiro atoms. The summed E-state index contributed by atoms with van der Waals surface area (Å²) >= 11 is 0. The zero-order valence-electron chi connectivity index (χ0n) is 41.3. The quantitative estimate of drug-likeness (QED) is 0.165. The number of allylic oxidation sites excluding steroid dienone is 3. The number of aromatic amines is 1. The first-order valence-electron chi connectivity index (χ1n) is 25.8. The molecule has 2 heterocycles. The first-order valence-corrected chi connectivity index (χ1v) is 25.8. The van der Waals surface area contributed by atoms with E-state index in [0.717, 1.165) is 6.42 Å². The van der Waals surface area contributed by atoms with E-state index in [9.17, 15) is 0 Å². The van der Waals surface area contributed by atoms with Crippen LogP contribution in [0.5, 0.6) is 0 Å². The predicted octanol–water partition coefficient (Wildman–Crippen LogP) is 16.9. The Labute approximate surface area is 404 Å². The van der Waals surface area contributed by atoms with Crippen LogP contribution in [0.3, 0.4) is 0 Å². The van der Waals surface area contributed by atoms with E-state index in [0.29, 0.717) is 17.8 Å². The van der Waals surface area contributed by atoms with Crippen LogP contribution in [0.15, 0.2) is 157 Å². The highest BCUT2D eigenvalue weighted by atomic mass is 15.2. The number of anilines is 2. The number of H-pyrrole nitrogens is 1. The van der Waals surface area contributed by atoms with Gasteiger partial charge in [-0.1, -0.05) is 195 Å². The molecule has 5 atom stereocenters. The number of hydrogen-bond donors (Lipinski definition) is 1. The van der Waals surface area contributed by atoms with Crippen molar-refractivity contribution >= 4 is 56.7 Å². The molecule has 68 heavy (non-hydrogen) atoms. The first kappa shape index (κ1) is 42.1. The van der Waals surface area contributed by atoms with Crippen molar-refractivity contribution in [1.82, 2.24) is 4.98 Å². The molecule has 2 saturated carbocycles. The topological polar surface area (TPSA) is 19.0 Å². The molecule has 13 rings (SSSR count). The molecule has 2 fully saturated rings. The molecule has 0 amide bonds. The lowest BCUT2D eigenvalue weighted by Gasteiger charge is -2.49. The standard InChI is InChI=1S/C65H64BN2/c1-9-18-38(2)41-28-30-55(48(33-41)39-19-11-10-12-20-39)68-56-36-49-43-23-15-14-22-42(43)34-50(49)57(47-26-17-25-45-46-29-27-40-21-13-16-24-44(40)59(46)67-60(45)47)58(56)66-62-61(68)51-35-53-54(37-52(51)65(62,7)8)64(5,6)32-31-63(53,3)4/h10-17,19-30,33,35-38,51-52,61-62,67H,9,18,31-32,34H2,1-8H3/t38-,51?,52?,61?,62?/m0/s1. The fourth-order valence-corrected chi connectivity index (χ4v) is 14.4. The summed E-state index contributed by atoms with van der Waals surface area (Å²) in [6.07, 6.45) is 11.4. The summed E-state index contributed by atoms with van der Waals surface area (Å²) in [7, 11) is 2.81. The minimum absolute atomic E-state index is 0.0221. The average molecular weight is 884 g/mol. The van der Waals surface area contributed by atoms with Gasteiger partial charge in [-0.15, -0.1) is 0 Å². The Morgan fingerprint density at radius 3 is 2.16 bits per heavy atom. The Kier molecular flexibility index (Phi) is 9.26. The van der Waals surface area contributed by atoms with E-state index in [4.69, 9.17) is 0 Å². The van der Waals surface area contributed by atoms with E-state index < -0.39 is 0 Å². The molecule has 7 aromatic carbocycles. The van der Waals surface area contributed by atoms with Crippen LogP contribution in [0, 0.1) is 28.1 Å². The van der Waals surface area contributed by atoms with Gasteiger partial charge in [-0.05, 0) is 133 Å². The van der Waals surface area contributed by atoms with Crippen molar-refractivity contribution in [3.8, 4) is 33.4 Å². The Morgan fingerprint density at radius 2 is 1.35 bits per heavy atom. The monoisotopic (exact) mass is 884 g/mol. The second-order valence-electron chi connectivity index (χ2n) is 23.3. The van der Waals surface area contributed by atoms with Crippen LogP contribution < -0.4 is 10.4 Å². The Hall–Kier alpha value is -6.06. The molecule has 337 valence electrons. The molecule has 4 unspecified atom stereocenters. The third-order valence-electron chi connectivity index (χ3n) is 18.2. The zero-order valence-corrected chi connectivity index (χ0v) is 41.3. The summed E-state index contributed by atoms with van der Waals surface area (Å²) in [5.41, 5.74) is 22.4. The van der Waals surface area contributed by atoms with Crippen molar-refractivity contribution in [2.75, 3.05) is 4.90 Å². The highest BCUT2D eigenvalue weighted by Crippen LogP contribution is 2.66. The van der Waals surface area contributed by atoms with Gasteiger partial charge in [0, 0.05) is 50.6 Å². The average Bonchev–Trinajstić information content (AvgIpc) is 3.99. The van der Waals surface area contributed by atoms with Crippen LogP contribution in [-0.2, 0) is 6.42 Å². The summed E-state index contributed by atoms with van der Waals surface area (Å²) in [6, 6.07) is 51.5. The van der Waals surface area contributed by atoms with Crippen LogP contribution >= 0.6 is 0 Å². The fourth-order valence-electron chi connectivity index (χ4n) is 14.4. The lowest BCUT2D eigenvalue weighted by atomic mass is 9.46. The third kappa shape index (κ3) is 6.02. The maximum Gasteiger partial charge on any atom is 0.161 e. The number of nitrogens with zero attached hydrogens (tertiary/aromatic N) is 1. The van der Waals surface area contributed by atoms with Gasteiger partial charge in [0.1, 0.15) is 0 Å². The Morgan fingerprint density at radius 1 is 0.647 bits per heavy atom. The molecule has 2 nitrogen and oxygen atoms in total. The predicted molar refractivity (Wildman–Crippen MR) is 291 cm³/mol. The summed E-state index contributed by atoms with van der Waals surface area (Å²) in [4.78, 5) is 7.03. The number of benzene rings is 7. The normalized spacial score (nSPS) is 22.9. The van der Waals surface area contributed by atoms with E-state index in [2.05, 4.69) is 218 Å². The van der Waals surface area contributed by atoms with E-state index in [-0.39, 0.29) is 28.1 Å². The van der Waals surface area contributed by atoms with E-state index in [1.165, 1.54) is 125 Å². The van der Waals surface area contributed by atoms with Gasteiger partial charge in [-0.2, -0.15) is 0 Å². The van der Waals surface area contributed by atoms with E-state index in [1.54, 1.807) is 11.1 Å². The van der Waals surface area contributed by atoms with Gasteiger partial charge in [0.15, 0.2) is 7.28 Å². The van der Waals surface area contributed by atoms with Gasteiger partial charge in [0.05, 0.1) is 11.0 Å². The van der Waals surface area contributed by atoms with Crippen molar-refractivity contribution in [2.45, 2.75) is 105 Å².